The molecule has 0 unspecified atom stereocenters. The average molecular weight is 491 g/mol. The highest BCUT2D eigenvalue weighted by molar-refractivity contribution is 5.65. The Morgan fingerprint density at radius 3 is 2.03 bits per heavy atom. The van der Waals surface area contributed by atoms with Gasteiger partial charge in [0.1, 0.15) is 5.75 Å². The molecule has 0 heterocycles. The van der Waals surface area contributed by atoms with Gasteiger partial charge >= 0.3 is 0 Å². The SMILES string of the molecule is C=C(OCC)/C(F)=C(/F)C(=C)OCC1CCC(c2ccc(-c3ccc(OC)cc3)c(F)c2F)CC1. The lowest BCUT2D eigenvalue weighted by molar-refractivity contribution is 0.134. The van der Waals surface area contributed by atoms with Crippen molar-refractivity contribution in [2.75, 3.05) is 20.3 Å². The second-order valence-corrected chi connectivity index (χ2v) is 8.49. The zero-order valence-corrected chi connectivity index (χ0v) is 20.0. The van der Waals surface area contributed by atoms with Crippen LogP contribution in [-0.4, -0.2) is 20.3 Å². The molecule has 0 saturated heterocycles. The first kappa shape index (κ1) is 26.4. The third-order valence-corrected chi connectivity index (χ3v) is 6.29. The fraction of sp³-hybridized carbons (Fsp3) is 0.357. The molecule has 35 heavy (non-hydrogen) atoms. The van der Waals surface area contributed by atoms with E-state index in [2.05, 4.69) is 13.2 Å². The quantitative estimate of drug-likeness (QED) is 0.191. The van der Waals surface area contributed by atoms with Crippen molar-refractivity contribution >= 4 is 0 Å². The van der Waals surface area contributed by atoms with E-state index in [1.54, 1.807) is 43.3 Å². The van der Waals surface area contributed by atoms with Crippen LogP contribution >= 0.6 is 0 Å². The molecule has 0 N–H and O–H groups in total. The van der Waals surface area contributed by atoms with Gasteiger partial charge in [0.25, 0.3) is 0 Å². The van der Waals surface area contributed by atoms with E-state index in [9.17, 15) is 17.6 Å². The highest BCUT2D eigenvalue weighted by Gasteiger charge is 2.27. The maximum Gasteiger partial charge on any atom is 0.203 e. The fourth-order valence-corrected chi connectivity index (χ4v) is 4.28. The van der Waals surface area contributed by atoms with Gasteiger partial charge in [-0.05, 0) is 67.7 Å². The summed E-state index contributed by atoms with van der Waals surface area (Å²) < 4.78 is 73.3. The third-order valence-electron chi connectivity index (χ3n) is 6.29. The van der Waals surface area contributed by atoms with Crippen molar-refractivity contribution in [3.8, 4) is 16.9 Å². The number of benzene rings is 2. The summed E-state index contributed by atoms with van der Waals surface area (Å²) in [5.74, 6) is -4.44. The number of halogens is 4. The second-order valence-electron chi connectivity index (χ2n) is 8.49. The van der Waals surface area contributed by atoms with E-state index in [0.29, 0.717) is 42.6 Å². The standard InChI is InChI=1S/C28H30F4O3/c1-5-34-17(2)25(29)26(30)18(3)35-16-19-6-8-20(9-7-19)23-14-15-24(28(32)27(23)31)21-10-12-22(33-4)13-11-21/h10-15,19-20H,2-3,5-9,16H2,1,4H3/b26-25-. The van der Waals surface area contributed by atoms with E-state index in [1.807, 2.05) is 0 Å². The Labute approximate surface area is 203 Å². The van der Waals surface area contributed by atoms with E-state index in [-0.39, 0.29) is 30.6 Å². The number of allylic oxidation sites excluding steroid dienone is 2. The van der Waals surface area contributed by atoms with Crippen LogP contribution in [0.1, 0.15) is 44.1 Å². The first-order valence-corrected chi connectivity index (χ1v) is 11.6. The van der Waals surface area contributed by atoms with Crippen LogP contribution in [0.2, 0.25) is 0 Å². The molecular formula is C28H30F4O3. The Hall–Kier alpha value is -3.22. The average Bonchev–Trinajstić information content (AvgIpc) is 2.88. The van der Waals surface area contributed by atoms with E-state index in [1.165, 1.54) is 7.11 Å². The summed E-state index contributed by atoms with van der Waals surface area (Å²) in [5.41, 5.74) is 1.12. The lowest BCUT2D eigenvalue weighted by Gasteiger charge is -2.29. The van der Waals surface area contributed by atoms with Gasteiger partial charge in [-0.1, -0.05) is 37.4 Å². The molecule has 3 nitrogen and oxygen atoms in total. The predicted molar refractivity (Wildman–Crippen MR) is 128 cm³/mol. The number of hydrogen-bond acceptors (Lipinski definition) is 3. The van der Waals surface area contributed by atoms with Crippen molar-refractivity contribution in [3.63, 3.8) is 0 Å². The summed E-state index contributed by atoms with van der Waals surface area (Å²) in [6.07, 6.45) is 2.62. The number of ether oxygens (including phenoxy) is 3. The highest BCUT2D eigenvalue weighted by atomic mass is 19.2. The van der Waals surface area contributed by atoms with Crippen LogP contribution < -0.4 is 4.74 Å². The Kier molecular flexibility index (Phi) is 9.01. The van der Waals surface area contributed by atoms with E-state index < -0.39 is 34.8 Å². The molecule has 0 bridgehead atoms. The monoisotopic (exact) mass is 490 g/mol. The predicted octanol–water partition coefficient (Wildman–Crippen LogP) is 8.15. The summed E-state index contributed by atoms with van der Waals surface area (Å²) in [6.45, 7) is 8.71. The van der Waals surface area contributed by atoms with Crippen LogP contribution in [-0.2, 0) is 9.47 Å². The van der Waals surface area contributed by atoms with Crippen molar-refractivity contribution < 1.29 is 31.8 Å². The minimum Gasteiger partial charge on any atom is -0.497 e. The van der Waals surface area contributed by atoms with Gasteiger partial charge in [0.05, 0.1) is 20.3 Å². The number of rotatable bonds is 10. The van der Waals surface area contributed by atoms with Gasteiger partial charge in [-0.2, -0.15) is 8.78 Å². The molecule has 1 aliphatic rings. The molecule has 1 aliphatic carbocycles. The molecule has 188 valence electrons. The zero-order chi connectivity index (χ0) is 25.5. The molecular weight excluding hydrogens is 460 g/mol. The van der Waals surface area contributed by atoms with Gasteiger partial charge < -0.3 is 14.2 Å². The van der Waals surface area contributed by atoms with Gasteiger partial charge in [-0.15, -0.1) is 0 Å². The molecule has 0 aliphatic heterocycles. The zero-order valence-electron chi connectivity index (χ0n) is 20.0. The first-order chi connectivity index (χ1) is 16.8. The van der Waals surface area contributed by atoms with E-state index >= 15 is 0 Å². The molecule has 0 atom stereocenters. The van der Waals surface area contributed by atoms with Crippen LogP contribution in [0.5, 0.6) is 5.75 Å². The Morgan fingerprint density at radius 1 is 0.857 bits per heavy atom. The summed E-state index contributed by atoms with van der Waals surface area (Å²) in [4.78, 5) is 0. The molecule has 0 spiro atoms. The second kappa shape index (κ2) is 12.0. The van der Waals surface area contributed by atoms with Crippen LogP contribution in [0.4, 0.5) is 17.6 Å². The van der Waals surface area contributed by atoms with Crippen molar-refractivity contribution in [2.45, 2.75) is 38.5 Å². The highest BCUT2D eigenvalue weighted by Crippen LogP contribution is 2.39. The molecule has 0 amide bonds. The van der Waals surface area contributed by atoms with Crippen molar-refractivity contribution in [3.05, 3.63) is 89.9 Å². The molecule has 1 saturated carbocycles. The van der Waals surface area contributed by atoms with E-state index in [4.69, 9.17) is 14.2 Å². The Balaban J connectivity index is 1.58. The Morgan fingerprint density at radius 2 is 1.46 bits per heavy atom. The van der Waals surface area contributed by atoms with Gasteiger partial charge in [-0.25, -0.2) is 8.78 Å². The largest absolute Gasteiger partial charge is 0.497 e. The van der Waals surface area contributed by atoms with Gasteiger partial charge in [0, 0.05) is 5.56 Å². The lowest BCUT2D eigenvalue weighted by Crippen LogP contribution is -2.19. The number of hydrogen-bond donors (Lipinski definition) is 0. The summed E-state index contributed by atoms with van der Waals surface area (Å²) >= 11 is 0. The van der Waals surface area contributed by atoms with Crippen LogP contribution in [0.25, 0.3) is 11.1 Å². The maximum absolute atomic E-state index is 15.0. The van der Waals surface area contributed by atoms with Gasteiger partial charge in [-0.3, -0.25) is 0 Å². The maximum atomic E-state index is 15.0. The van der Waals surface area contributed by atoms with Crippen molar-refractivity contribution in [2.24, 2.45) is 5.92 Å². The number of methoxy groups -OCH3 is 1. The fourth-order valence-electron chi connectivity index (χ4n) is 4.28. The Bertz CT molecular complexity index is 1080. The first-order valence-electron chi connectivity index (χ1n) is 11.6. The van der Waals surface area contributed by atoms with Gasteiger partial charge in [0.15, 0.2) is 23.2 Å². The molecule has 0 radical (unpaired) electrons. The van der Waals surface area contributed by atoms with Crippen LogP contribution in [0.3, 0.4) is 0 Å². The minimum atomic E-state index is -1.24. The van der Waals surface area contributed by atoms with Crippen molar-refractivity contribution in [1.82, 2.24) is 0 Å². The van der Waals surface area contributed by atoms with Crippen LogP contribution in [0, 0.1) is 17.6 Å². The normalized spacial score (nSPS) is 18.5. The topological polar surface area (TPSA) is 27.7 Å². The summed E-state index contributed by atoms with van der Waals surface area (Å²) in [7, 11) is 1.54. The molecule has 2 aromatic rings. The smallest absolute Gasteiger partial charge is 0.203 e. The molecule has 2 aromatic carbocycles. The molecule has 7 heteroatoms. The molecule has 0 aromatic heterocycles. The minimum absolute atomic E-state index is 0.0698. The molecule has 1 fully saturated rings. The van der Waals surface area contributed by atoms with Crippen molar-refractivity contribution in [1.29, 1.82) is 0 Å². The van der Waals surface area contributed by atoms with E-state index in [0.717, 1.165) is 0 Å². The summed E-state index contributed by atoms with van der Waals surface area (Å²) in [5, 5.41) is 0. The molecule has 3 rings (SSSR count). The third kappa shape index (κ3) is 6.27. The summed E-state index contributed by atoms with van der Waals surface area (Å²) in [6, 6.07) is 10.0. The lowest BCUT2D eigenvalue weighted by atomic mass is 9.78. The van der Waals surface area contributed by atoms with Gasteiger partial charge in [0.2, 0.25) is 11.7 Å². The van der Waals surface area contributed by atoms with Crippen LogP contribution in [0.15, 0.2) is 72.7 Å².